The second-order valence-corrected chi connectivity index (χ2v) is 5.65. The first-order valence-corrected chi connectivity index (χ1v) is 7.26. The molecule has 2 amide bonds. The number of imide groups is 1. The summed E-state index contributed by atoms with van der Waals surface area (Å²) in [6.07, 6.45) is 0. The zero-order valence-electron chi connectivity index (χ0n) is 11.5. The van der Waals surface area contributed by atoms with Gasteiger partial charge in [0.15, 0.2) is 0 Å². The molecule has 0 unspecified atom stereocenters. The molecule has 8 heteroatoms. The Labute approximate surface area is 140 Å². The van der Waals surface area contributed by atoms with Gasteiger partial charge >= 0.3 is 0 Å². The highest BCUT2D eigenvalue weighted by Gasteiger charge is 2.37. The number of halogens is 2. The predicted molar refractivity (Wildman–Crippen MR) is 85.9 cm³/mol. The third-order valence-corrected chi connectivity index (χ3v) is 4.19. The van der Waals surface area contributed by atoms with Crippen LogP contribution in [0.5, 0.6) is 0 Å². The van der Waals surface area contributed by atoms with Crippen molar-refractivity contribution in [1.82, 2.24) is 4.90 Å². The average Bonchev–Trinajstić information content (AvgIpc) is 2.77. The second-order valence-electron chi connectivity index (χ2n) is 4.83. The van der Waals surface area contributed by atoms with Gasteiger partial charge in [0.25, 0.3) is 11.8 Å². The lowest BCUT2D eigenvalue weighted by Gasteiger charge is -2.14. The number of hydrogen-bond acceptors (Lipinski definition) is 3. The van der Waals surface area contributed by atoms with Crippen molar-refractivity contribution >= 4 is 40.7 Å². The monoisotopic (exact) mass is 346 g/mol. The van der Waals surface area contributed by atoms with E-state index in [0.29, 0.717) is 15.6 Å². The molecule has 6 nitrogen and oxygen atoms in total. The number of fused-ring (bicyclic) bond motifs is 1. The van der Waals surface area contributed by atoms with E-state index in [9.17, 15) is 9.59 Å². The van der Waals surface area contributed by atoms with Crippen LogP contribution in [0.4, 0.5) is 5.69 Å². The van der Waals surface area contributed by atoms with Crippen LogP contribution in [0, 0.1) is 0 Å². The number of benzene rings is 2. The Hall–Kier alpha value is -2.53. The van der Waals surface area contributed by atoms with Gasteiger partial charge in [0.2, 0.25) is 0 Å². The molecule has 0 fully saturated rings. The lowest BCUT2D eigenvalue weighted by molar-refractivity contribution is 0.0642. The molecule has 0 spiro atoms. The number of nitrogens with zero attached hydrogens (tertiary/aromatic N) is 4. The quantitative estimate of drug-likeness (QED) is 0.348. The second kappa shape index (κ2) is 5.93. The lowest BCUT2D eigenvalue weighted by atomic mass is 10.1. The van der Waals surface area contributed by atoms with E-state index in [0.717, 1.165) is 4.90 Å². The highest BCUT2D eigenvalue weighted by molar-refractivity contribution is 6.42. The van der Waals surface area contributed by atoms with Crippen molar-refractivity contribution in [2.45, 2.75) is 6.54 Å². The molecular formula is C15H8Cl2N4O2. The Morgan fingerprint density at radius 3 is 2.57 bits per heavy atom. The van der Waals surface area contributed by atoms with Crippen molar-refractivity contribution < 1.29 is 9.59 Å². The maximum Gasteiger partial charge on any atom is 0.262 e. The first-order chi connectivity index (χ1) is 11.0. The van der Waals surface area contributed by atoms with Gasteiger partial charge < -0.3 is 0 Å². The molecule has 0 aliphatic carbocycles. The summed E-state index contributed by atoms with van der Waals surface area (Å²) in [4.78, 5) is 28.7. The van der Waals surface area contributed by atoms with Crippen molar-refractivity contribution in [2.24, 2.45) is 5.11 Å². The van der Waals surface area contributed by atoms with Crippen LogP contribution in [0.3, 0.4) is 0 Å². The molecule has 3 rings (SSSR count). The molecule has 0 saturated heterocycles. The Balaban J connectivity index is 1.98. The van der Waals surface area contributed by atoms with Gasteiger partial charge in [0.1, 0.15) is 0 Å². The lowest BCUT2D eigenvalue weighted by Crippen LogP contribution is -2.29. The Bertz CT molecular complexity index is 891. The van der Waals surface area contributed by atoms with E-state index in [1.54, 1.807) is 24.3 Å². The normalized spacial score (nSPS) is 13.0. The van der Waals surface area contributed by atoms with E-state index in [1.807, 2.05) is 0 Å². The summed E-state index contributed by atoms with van der Waals surface area (Å²) in [7, 11) is 0. The fraction of sp³-hybridized carbons (Fsp3) is 0.0667. The molecule has 1 aliphatic heterocycles. The summed E-state index contributed by atoms with van der Waals surface area (Å²) in [5, 5.41) is 4.21. The number of azide groups is 1. The van der Waals surface area contributed by atoms with Crippen LogP contribution in [0.25, 0.3) is 10.4 Å². The highest BCUT2D eigenvalue weighted by atomic mass is 35.5. The summed E-state index contributed by atoms with van der Waals surface area (Å²) in [5.41, 5.74) is 9.73. The van der Waals surface area contributed by atoms with Crippen molar-refractivity contribution in [3.05, 3.63) is 73.6 Å². The number of hydrogen-bond donors (Lipinski definition) is 0. The summed E-state index contributed by atoms with van der Waals surface area (Å²) >= 11 is 11.8. The van der Waals surface area contributed by atoms with Crippen LogP contribution < -0.4 is 0 Å². The smallest absolute Gasteiger partial charge is 0.262 e. The van der Waals surface area contributed by atoms with Gasteiger partial charge in [-0.1, -0.05) is 46.5 Å². The van der Waals surface area contributed by atoms with Crippen LogP contribution in [-0.2, 0) is 6.54 Å². The van der Waals surface area contributed by atoms with E-state index in [2.05, 4.69) is 10.0 Å². The molecular weight excluding hydrogens is 339 g/mol. The van der Waals surface area contributed by atoms with Crippen molar-refractivity contribution in [3.8, 4) is 0 Å². The topological polar surface area (TPSA) is 86.1 Å². The molecule has 0 saturated carbocycles. The van der Waals surface area contributed by atoms with E-state index >= 15 is 0 Å². The van der Waals surface area contributed by atoms with Gasteiger partial charge in [-0.25, -0.2) is 0 Å². The summed E-state index contributed by atoms with van der Waals surface area (Å²) in [5.74, 6) is -0.940. The first kappa shape index (κ1) is 15.4. The van der Waals surface area contributed by atoms with E-state index in [4.69, 9.17) is 28.7 Å². The van der Waals surface area contributed by atoms with E-state index in [1.165, 1.54) is 12.1 Å². The van der Waals surface area contributed by atoms with Gasteiger partial charge in [-0.3, -0.25) is 14.5 Å². The molecule has 1 heterocycles. The maximum absolute atomic E-state index is 12.5. The SMILES string of the molecule is [N-]=[N+]=Nc1cccc2c1C(=O)N(Cc1ccc(Cl)c(Cl)c1)C2=O. The Morgan fingerprint density at radius 2 is 1.87 bits per heavy atom. The van der Waals surface area contributed by atoms with Gasteiger partial charge in [-0.15, -0.1) is 0 Å². The minimum Gasteiger partial charge on any atom is -0.270 e. The van der Waals surface area contributed by atoms with Gasteiger partial charge in [0.05, 0.1) is 33.4 Å². The van der Waals surface area contributed by atoms with Crippen LogP contribution in [0.15, 0.2) is 41.5 Å². The first-order valence-electron chi connectivity index (χ1n) is 6.51. The fourth-order valence-electron chi connectivity index (χ4n) is 2.41. The molecule has 2 aromatic carbocycles. The Kier molecular flexibility index (Phi) is 3.96. The molecule has 0 atom stereocenters. The van der Waals surface area contributed by atoms with Crippen molar-refractivity contribution in [1.29, 1.82) is 0 Å². The van der Waals surface area contributed by atoms with Gasteiger partial charge in [0, 0.05) is 4.91 Å². The largest absolute Gasteiger partial charge is 0.270 e. The molecule has 0 N–H and O–H groups in total. The number of rotatable bonds is 3. The third kappa shape index (κ3) is 2.64. The molecule has 2 aromatic rings. The Morgan fingerprint density at radius 1 is 1.09 bits per heavy atom. The summed E-state index contributed by atoms with van der Waals surface area (Å²) in [6.45, 7) is 0.0545. The number of carbonyl (C=O) groups excluding carboxylic acids is 2. The molecule has 0 bridgehead atoms. The van der Waals surface area contributed by atoms with Gasteiger partial charge in [-0.05, 0) is 29.3 Å². The van der Waals surface area contributed by atoms with Crippen LogP contribution >= 0.6 is 23.2 Å². The van der Waals surface area contributed by atoms with Crippen molar-refractivity contribution in [3.63, 3.8) is 0 Å². The average molecular weight is 347 g/mol. The van der Waals surface area contributed by atoms with E-state index < -0.39 is 11.8 Å². The maximum atomic E-state index is 12.5. The minimum atomic E-state index is -0.501. The number of carbonyl (C=O) groups is 2. The standard InChI is InChI=1S/C15H8Cl2N4O2/c16-10-5-4-8(6-11(10)17)7-21-14(22)9-2-1-3-12(19-20-18)13(9)15(21)23/h1-6H,7H2. The van der Waals surface area contributed by atoms with Gasteiger partial charge in [-0.2, -0.15) is 0 Å². The zero-order chi connectivity index (χ0) is 16.6. The van der Waals surface area contributed by atoms with E-state index in [-0.39, 0.29) is 23.4 Å². The van der Waals surface area contributed by atoms with Crippen LogP contribution in [0.2, 0.25) is 10.0 Å². The fourth-order valence-corrected chi connectivity index (χ4v) is 2.73. The molecule has 23 heavy (non-hydrogen) atoms. The summed E-state index contributed by atoms with van der Waals surface area (Å²) in [6, 6.07) is 9.47. The molecule has 114 valence electrons. The number of amides is 2. The minimum absolute atomic E-state index is 0.0545. The van der Waals surface area contributed by atoms with Crippen LogP contribution in [-0.4, -0.2) is 16.7 Å². The van der Waals surface area contributed by atoms with Crippen LogP contribution in [0.1, 0.15) is 26.3 Å². The highest BCUT2D eigenvalue weighted by Crippen LogP contribution is 2.32. The molecule has 0 aromatic heterocycles. The summed E-state index contributed by atoms with van der Waals surface area (Å²) < 4.78 is 0. The molecule has 0 radical (unpaired) electrons. The third-order valence-electron chi connectivity index (χ3n) is 3.45. The van der Waals surface area contributed by atoms with Crippen molar-refractivity contribution in [2.75, 3.05) is 0 Å². The zero-order valence-corrected chi connectivity index (χ0v) is 13.0. The molecule has 1 aliphatic rings. The predicted octanol–water partition coefficient (Wildman–Crippen LogP) is 4.73.